The Hall–Kier alpha value is -1.47. The van der Waals surface area contributed by atoms with Crippen molar-refractivity contribution in [3.63, 3.8) is 0 Å². The van der Waals surface area contributed by atoms with Crippen molar-refractivity contribution >= 4 is 19.2 Å². The number of carbonyl (C=O) groups excluding carboxylic acids is 1. The zero-order chi connectivity index (χ0) is 8.10. The molecule has 0 unspecified atom stereocenters. The third-order valence-corrected chi connectivity index (χ3v) is 1.20. The van der Waals surface area contributed by atoms with Crippen LogP contribution >= 0.6 is 0 Å². The quantitative estimate of drug-likeness (QED) is 0.418. The molecule has 1 amide bonds. The average Bonchev–Trinajstić information content (AvgIpc) is 2.07. The van der Waals surface area contributed by atoms with Crippen molar-refractivity contribution in [1.29, 1.82) is 0 Å². The fraction of sp³-hybridized carbons (Fsp3) is 0. The fourth-order valence-electron chi connectivity index (χ4n) is 0.717. The molecule has 0 aliphatic heterocycles. The predicted octanol–water partition coefficient (Wildman–Crippen LogP) is 0.633. The van der Waals surface area contributed by atoms with E-state index in [1.54, 1.807) is 24.3 Å². The Morgan fingerprint density at radius 2 is 2.00 bits per heavy atom. The van der Waals surface area contributed by atoms with Crippen molar-refractivity contribution < 1.29 is 4.79 Å². The maximum absolute atomic E-state index is 11.0. The molecule has 0 fully saturated rings. The van der Waals surface area contributed by atoms with Gasteiger partial charge in [0.1, 0.15) is 0 Å². The molecule has 0 spiro atoms. The molecule has 11 heavy (non-hydrogen) atoms. The zero-order valence-corrected chi connectivity index (χ0v) is 5.95. The van der Waals surface area contributed by atoms with E-state index in [-0.39, 0.29) is 5.91 Å². The van der Waals surface area contributed by atoms with Crippen LogP contribution in [0.5, 0.6) is 0 Å². The summed E-state index contributed by atoms with van der Waals surface area (Å²) in [4.78, 5) is 14.4. The number of benzene rings is 1. The van der Waals surface area contributed by atoms with E-state index in [1.807, 2.05) is 6.07 Å². The minimum absolute atomic E-state index is 0.305. The maximum atomic E-state index is 11.0. The summed E-state index contributed by atoms with van der Waals surface area (Å²) in [5.74, 6) is 1.89. The van der Waals surface area contributed by atoms with E-state index in [9.17, 15) is 4.79 Å². The molecule has 1 rings (SSSR count). The van der Waals surface area contributed by atoms with Crippen molar-refractivity contribution in [2.45, 2.75) is 0 Å². The Morgan fingerprint density at radius 3 is 2.55 bits per heavy atom. The van der Waals surface area contributed by atoms with Crippen LogP contribution in [0.15, 0.2) is 35.3 Å². The second-order valence-corrected chi connectivity index (χ2v) is 1.94. The molecular weight excluding hydrogens is 137 g/mol. The molecule has 0 saturated heterocycles. The van der Waals surface area contributed by atoms with Crippen LogP contribution in [0.3, 0.4) is 0 Å². The van der Waals surface area contributed by atoms with Gasteiger partial charge in [-0.15, -0.1) is 0 Å². The topological polar surface area (TPSA) is 29.4 Å². The van der Waals surface area contributed by atoms with E-state index in [0.29, 0.717) is 5.56 Å². The third-order valence-electron chi connectivity index (χ3n) is 1.20. The van der Waals surface area contributed by atoms with Gasteiger partial charge in [-0.25, -0.2) is 0 Å². The molecule has 0 N–H and O–H groups in total. The van der Waals surface area contributed by atoms with Gasteiger partial charge in [0.05, 0.1) is 0 Å². The first-order valence-corrected chi connectivity index (χ1v) is 3.17. The van der Waals surface area contributed by atoms with Gasteiger partial charge in [-0.1, -0.05) is 0 Å². The third kappa shape index (κ3) is 1.99. The van der Waals surface area contributed by atoms with Crippen molar-refractivity contribution in [1.82, 2.24) is 0 Å². The molecule has 1 aromatic carbocycles. The Kier molecular flexibility index (Phi) is 2.53. The van der Waals surface area contributed by atoms with Gasteiger partial charge in [0.2, 0.25) is 0 Å². The number of aliphatic imine (C=N–C) groups is 1. The molecule has 52 valence electrons. The molecule has 0 heterocycles. The Morgan fingerprint density at radius 1 is 1.36 bits per heavy atom. The Bertz CT molecular complexity index is 301. The summed E-state index contributed by atoms with van der Waals surface area (Å²) in [5, 5.41) is 0. The minimum atomic E-state index is -0.305. The van der Waals surface area contributed by atoms with E-state index >= 15 is 0 Å². The van der Waals surface area contributed by atoms with Crippen LogP contribution in [0.2, 0.25) is 0 Å². The summed E-state index contributed by atoms with van der Waals surface area (Å²) < 4.78 is 0. The van der Waals surface area contributed by atoms with E-state index in [2.05, 4.69) is 18.2 Å². The van der Waals surface area contributed by atoms with Crippen LogP contribution in [0, 0.1) is 0 Å². The molecular formula is C8H6BNO. The molecule has 0 radical (unpaired) electrons. The van der Waals surface area contributed by atoms with Gasteiger partial charge in [-0.05, 0) is 0 Å². The first kappa shape index (κ1) is 7.64. The summed E-state index contributed by atoms with van der Waals surface area (Å²) >= 11 is 0. The van der Waals surface area contributed by atoms with Gasteiger partial charge in [-0.3, -0.25) is 0 Å². The van der Waals surface area contributed by atoms with Gasteiger partial charge in [0.15, 0.2) is 0 Å². The summed E-state index contributed by atoms with van der Waals surface area (Å²) in [7, 11) is 3.21. The predicted molar refractivity (Wildman–Crippen MR) is 45.4 cm³/mol. The van der Waals surface area contributed by atoms with E-state index in [0.717, 1.165) is 0 Å². The monoisotopic (exact) mass is 143 g/mol. The summed E-state index contributed by atoms with van der Waals surface area (Å²) in [6.07, 6.45) is 0. The van der Waals surface area contributed by atoms with E-state index in [1.165, 1.54) is 0 Å². The van der Waals surface area contributed by atoms with Crippen LogP contribution in [-0.4, -0.2) is 19.2 Å². The van der Waals surface area contributed by atoms with Crippen molar-refractivity contribution in [3.05, 3.63) is 35.9 Å². The Labute approximate surface area is 65.7 Å². The normalized spacial score (nSPS) is 8.27. The van der Waals surface area contributed by atoms with Gasteiger partial charge < -0.3 is 0 Å². The second-order valence-electron chi connectivity index (χ2n) is 1.94. The van der Waals surface area contributed by atoms with Gasteiger partial charge >= 0.3 is 64.8 Å². The molecule has 0 bridgehead atoms. The summed E-state index contributed by atoms with van der Waals surface area (Å²) in [5.41, 5.74) is 0.559. The van der Waals surface area contributed by atoms with Crippen molar-refractivity contribution in [3.8, 4) is 0 Å². The van der Waals surface area contributed by atoms with Gasteiger partial charge in [0.25, 0.3) is 0 Å². The molecule has 0 aromatic heterocycles. The molecule has 0 aliphatic rings. The fourth-order valence-corrected chi connectivity index (χ4v) is 0.717. The first-order chi connectivity index (χ1) is 5.34. The number of nitrogens with zero attached hydrogens (tertiary/aromatic N) is 1. The Balaban J connectivity index is 2.94. The summed E-state index contributed by atoms with van der Waals surface area (Å²) in [6.45, 7) is 0. The molecule has 0 aliphatic carbocycles. The second kappa shape index (κ2) is 3.64. The van der Waals surface area contributed by atoms with Crippen LogP contribution in [-0.2, 0) is 0 Å². The number of hydrogen-bond donors (Lipinski definition) is 0. The van der Waals surface area contributed by atoms with Crippen LogP contribution in [0.4, 0.5) is 0 Å². The summed E-state index contributed by atoms with van der Waals surface area (Å²) in [6, 6.07) is 8.80. The number of amides is 1. The van der Waals surface area contributed by atoms with Gasteiger partial charge in [0, 0.05) is 0 Å². The van der Waals surface area contributed by atoms with E-state index in [4.69, 9.17) is 0 Å². The standard InChI is InChI=1S/C8H6BNO/c9-6-10-8(11)7-4-2-1-3-5-7/h1-5,9H. The number of carbonyl (C=O) groups is 1. The SMILES string of the molecule is B=C=NC(=O)c1ccccc1. The molecule has 0 atom stereocenters. The van der Waals surface area contributed by atoms with Crippen LogP contribution < -0.4 is 0 Å². The number of rotatable bonds is 1. The van der Waals surface area contributed by atoms with Crippen molar-refractivity contribution in [2.24, 2.45) is 4.99 Å². The molecule has 0 saturated carbocycles. The van der Waals surface area contributed by atoms with Crippen LogP contribution in [0.25, 0.3) is 0 Å². The van der Waals surface area contributed by atoms with E-state index < -0.39 is 0 Å². The molecule has 2 nitrogen and oxygen atoms in total. The molecule has 3 heteroatoms. The van der Waals surface area contributed by atoms with Gasteiger partial charge in [-0.2, -0.15) is 0 Å². The first-order valence-electron chi connectivity index (χ1n) is 3.17. The zero-order valence-electron chi connectivity index (χ0n) is 5.95. The average molecular weight is 143 g/mol. The molecule has 1 aromatic rings. The van der Waals surface area contributed by atoms with Crippen LogP contribution in [0.1, 0.15) is 10.4 Å². The number of hydrogen-bond acceptors (Lipinski definition) is 1. The van der Waals surface area contributed by atoms with Crippen molar-refractivity contribution in [2.75, 3.05) is 0 Å².